The second-order valence-corrected chi connectivity index (χ2v) is 6.04. The molecular formula is C21H23NO7. The zero-order valence-electron chi connectivity index (χ0n) is 16.3. The van der Waals surface area contributed by atoms with E-state index in [1.54, 1.807) is 36.4 Å². The van der Waals surface area contributed by atoms with Crippen LogP contribution >= 0.6 is 0 Å². The fraction of sp³-hybridized carbons (Fsp3) is 0.333. The second kappa shape index (κ2) is 9.68. The first-order valence-corrected chi connectivity index (χ1v) is 9.35. The molecule has 1 aliphatic heterocycles. The van der Waals surface area contributed by atoms with Crippen molar-refractivity contribution in [3.05, 3.63) is 42.5 Å². The number of nitrogens with one attached hydrogen (secondary N) is 1. The van der Waals surface area contributed by atoms with Crippen molar-refractivity contribution in [1.82, 2.24) is 0 Å². The molecule has 154 valence electrons. The second-order valence-electron chi connectivity index (χ2n) is 6.04. The molecule has 29 heavy (non-hydrogen) atoms. The van der Waals surface area contributed by atoms with Crippen molar-refractivity contribution in [3.63, 3.8) is 0 Å². The average molecular weight is 401 g/mol. The number of ether oxygens (including phenoxy) is 5. The predicted molar refractivity (Wildman–Crippen MR) is 105 cm³/mol. The third-order valence-electron chi connectivity index (χ3n) is 3.95. The molecule has 8 nitrogen and oxygen atoms in total. The lowest BCUT2D eigenvalue weighted by molar-refractivity contribution is -0.156. The van der Waals surface area contributed by atoms with E-state index in [0.717, 1.165) is 0 Å². The lowest BCUT2D eigenvalue weighted by Crippen LogP contribution is -2.39. The Labute approximate surface area is 168 Å². The SMILES string of the molecule is CCOc1ccc(OCC)c(NC(=O)COC(=O)C2COc3ccccc3O2)c1. The van der Waals surface area contributed by atoms with Gasteiger partial charge in [-0.25, -0.2) is 4.79 Å². The minimum absolute atomic E-state index is 0.0162. The van der Waals surface area contributed by atoms with Crippen molar-refractivity contribution in [2.24, 2.45) is 0 Å². The van der Waals surface area contributed by atoms with Crippen LogP contribution in [0, 0.1) is 0 Å². The minimum Gasteiger partial charge on any atom is -0.494 e. The van der Waals surface area contributed by atoms with Gasteiger partial charge in [0.1, 0.15) is 18.1 Å². The molecule has 1 unspecified atom stereocenters. The number of carbonyl (C=O) groups excluding carboxylic acids is 2. The Hall–Kier alpha value is -3.42. The first kappa shape index (κ1) is 20.3. The molecule has 0 saturated heterocycles. The molecule has 1 amide bonds. The number of fused-ring (bicyclic) bond motifs is 1. The van der Waals surface area contributed by atoms with E-state index in [1.807, 2.05) is 19.9 Å². The van der Waals surface area contributed by atoms with Gasteiger partial charge in [0.2, 0.25) is 6.10 Å². The summed E-state index contributed by atoms with van der Waals surface area (Å²) in [6, 6.07) is 12.1. The van der Waals surface area contributed by atoms with Crippen LogP contribution in [0.15, 0.2) is 42.5 Å². The van der Waals surface area contributed by atoms with E-state index in [1.165, 1.54) is 0 Å². The Balaban J connectivity index is 1.56. The molecule has 1 aliphatic rings. The summed E-state index contributed by atoms with van der Waals surface area (Å²) in [6.07, 6.45) is -0.932. The number of para-hydroxylation sites is 2. The molecule has 0 saturated carbocycles. The number of rotatable bonds is 8. The Bertz CT molecular complexity index is 868. The molecule has 1 N–H and O–H groups in total. The normalized spacial score (nSPS) is 14.6. The average Bonchev–Trinajstić information content (AvgIpc) is 2.74. The summed E-state index contributed by atoms with van der Waals surface area (Å²) in [6.45, 7) is 4.18. The van der Waals surface area contributed by atoms with Crippen molar-refractivity contribution in [2.45, 2.75) is 20.0 Å². The summed E-state index contributed by atoms with van der Waals surface area (Å²) in [7, 11) is 0. The number of carbonyl (C=O) groups is 2. The summed E-state index contributed by atoms with van der Waals surface area (Å²) < 4.78 is 27.1. The highest BCUT2D eigenvalue weighted by Gasteiger charge is 2.29. The third-order valence-corrected chi connectivity index (χ3v) is 3.95. The molecule has 0 spiro atoms. The number of amides is 1. The van der Waals surface area contributed by atoms with Crippen molar-refractivity contribution in [1.29, 1.82) is 0 Å². The van der Waals surface area contributed by atoms with Crippen LogP contribution in [0.4, 0.5) is 5.69 Å². The smallest absolute Gasteiger partial charge is 0.351 e. The topological polar surface area (TPSA) is 92.3 Å². The summed E-state index contributed by atoms with van der Waals surface area (Å²) in [5.41, 5.74) is 0.435. The fourth-order valence-electron chi connectivity index (χ4n) is 2.70. The Morgan fingerprint density at radius 1 is 1.07 bits per heavy atom. The van der Waals surface area contributed by atoms with Crippen LogP contribution in [-0.2, 0) is 14.3 Å². The summed E-state index contributed by atoms with van der Waals surface area (Å²) in [5.74, 6) is 0.921. The van der Waals surface area contributed by atoms with Gasteiger partial charge in [0.25, 0.3) is 5.91 Å². The van der Waals surface area contributed by atoms with E-state index < -0.39 is 24.6 Å². The van der Waals surface area contributed by atoms with E-state index in [-0.39, 0.29) is 6.61 Å². The summed E-state index contributed by atoms with van der Waals surface area (Å²) in [4.78, 5) is 24.5. The third kappa shape index (κ3) is 5.31. The van der Waals surface area contributed by atoms with E-state index >= 15 is 0 Å². The van der Waals surface area contributed by atoms with Crippen molar-refractivity contribution in [3.8, 4) is 23.0 Å². The van der Waals surface area contributed by atoms with Gasteiger partial charge in [-0.05, 0) is 38.1 Å². The van der Waals surface area contributed by atoms with E-state index in [9.17, 15) is 9.59 Å². The number of anilines is 1. The van der Waals surface area contributed by atoms with Crippen LogP contribution < -0.4 is 24.3 Å². The molecule has 0 fully saturated rings. The van der Waals surface area contributed by atoms with Crippen LogP contribution in [0.3, 0.4) is 0 Å². The maximum Gasteiger partial charge on any atom is 0.351 e. The van der Waals surface area contributed by atoms with Crippen LogP contribution in [-0.4, -0.2) is 44.4 Å². The molecule has 0 aromatic heterocycles. The highest BCUT2D eigenvalue weighted by molar-refractivity contribution is 5.94. The van der Waals surface area contributed by atoms with Crippen molar-refractivity contribution >= 4 is 17.6 Å². The van der Waals surface area contributed by atoms with E-state index in [0.29, 0.717) is 41.9 Å². The highest BCUT2D eigenvalue weighted by atomic mass is 16.6. The van der Waals surface area contributed by atoms with Crippen LogP contribution in [0.25, 0.3) is 0 Å². The quantitative estimate of drug-likeness (QED) is 0.680. The maximum absolute atomic E-state index is 12.3. The lowest BCUT2D eigenvalue weighted by atomic mass is 10.2. The van der Waals surface area contributed by atoms with Gasteiger partial charge in [-0.1, -0.05) is 12.1 Å². The zero-order chi connectivity index (χ0) is 20.6. The van der Waals surface area contributed by atoms with Gasteiger partial charge in [-0.3, -0.25) is 4.79 Å². The molecule has 1 atom stereocenters. The highest BCUT2D eigenvalue weighted by Crippen LogP contribution is 2.31. The number of esters is 1. The lowest BCUT2D eigenvalue weighted by Gasteiger charge is -2.24. The molecule has 8 heteroatoms. The predicted octanol–water partition coefficient (Wildman–Crippen LogP) is 2.81. The van der Waals surface area contributed by atoms with Gasteiger partial charge >= 0.3 is 5.97 Å². The molecular weight excluding hydrogens is 378 g/mol. The first-order chi connectivity index (χ1) is 14.1. The van der Waals surface area contributed by atoms with Gasteiger partial charge in [-0.2, -0.15) is 0 Å². The summed E-state index contributed by atoms with van der Waals surface area (Å²) in [5, 5.41) is 2.67. The van der Waals surface area contributed by atoms with Gasteiger partial charge < -0.3 is 29.0 Å². The zero-order valence-corrected chi connectivity index (χ0v) is 16.3. The van der Waals surface area contributed by atoms with Gasteiger partial charge in [-0.15, -0.1) is 0 Å². The fourth-order valence-corrected chi connectivity index (χ4v) is 2.70. The standard InChI is InChI=1S/C21H23NO7/c1-3-25-14-9-10-16(26-4-2)15(11-14)22-20(23)13-28-21(24)19-12-27-17-7-5-6-8-18(17)29-19/h5-11,19H,3-4,12-13H2,1-2H3,(H,22,23). The minimum atomic E-state index is -0.932. The van der Waals surface area contributed by atoms with Crippen LogP contribution in [0.2, 0.25) is 0 Å². The molecule has 2 aromatic rings. The molecule has 1 heterocycles. The Morgan fingerprint density at radius 3 is 2.59 bits per heavy atom. The molecule has 0 bridgehead atoms. The first-order valence-electron chi connectivity index (χ1n) is 9.35. The van der Waals surface area contributed by atoms with Gasteiger partial charge in [0.05, 0.1) is 18.9 Å². The van der Waals surface area contributed by atoms with Crippen molar-refractivity contribution < 1.29 is 33.3 Å². The molecule has 3 rings (SSSR count). The van der Waals surface area contributed by atoms with Crippen molar-refractivity contribution in [2.75, 3.05) is 31.7 Å². The number of hydrogen-bond donors (Lipinski definition) is 1. The van der Waals surface area contributed by atoms with Gasteiger partial charge in [0.15, 0.2) is 18.1 Å². The molecule has 2 aromatic carbocycles. The maximum atomic E-state index is 12.3. The van der Waals surface area contributed by atoms with E-state index in [4.69, 9.17) is 23.7 Å². The monoisotopic (exact) mass is 401 g/mol. The Kier molecular flexibility index (Phi) is 6.78. The van der Waals surface area contributed by atoms with Crippen LogP contribution in [0.1, 0.15) is 13.8 Å². The summed E-state index contributed by atoms with van der Waals surface area (Å²) >= 11 is 0. The molecule has 0 radical (unpaired) electrons. The number of benzene rings is 2. The largest absolute Gasteiger partial charge is 0.494 e. The molecule has 0 aliphatic carbocycles. The van der Waals surface area contributed by atoms with Gasteiger partial charge in [0, 0.05) is 6.07 Å². The van der Waals surface area contributed by atoms with E-state index in [2.05, 4.69) is 5.32 Å². The van der Waals surface area contributed by atoms with Crippen LogP contribution in [0.5, 0.6) is 23.0 Å². The number of hydrogen-bond acceptors (Lipinski definition) is 7. The Morgan fingerprint density at radius 2 is 1.83 bits per heavy atom.